The minimum absolute atomic E-state index is 0.843. The lowest BCUT2D eigenvalue weighted by atomic mass is 10.2. The highest BCUT2D eigenvalue weighted by atomic mass is 127. The Morgan fingerprint density at radius 3 is 2.85 bits per heavy atom. The molecule has 0 aliphatic heterocycles. The Hall–Kier alpha value is -0.710. The second-order valence-electron chi connectivity index (χ2n) is 3.01. The molecule has 3 heteroatoms. The Morgan fingerprint density at radius 1 is 1.31 bits per heavy atom. The molecular formula is C10H9IN2. The number of hydrogen-bond donors (Lipinski definition) is 0. The lowest BCUT2D eigenvalue weighted by molar-refractivity contribution is 1.15. The van der Waals surface area contributed by atoms with Crippen LogP contribution in [0.4, 0.5) is 0 Å². The molecular weight excluding hydrogens is 275 g/mol. The minimum Gasteiger partial charge on any atom is -0.237 e. The summed E-state index contributed by atoms with van der Waals surface area (Å²) in [5.74, 6) is 0. The topological polar surface area (TPSA) is 25.8 Å². The van der Waals surface area contributed by atoms with Crippen LogP contribution in [0.25, 0.3) is 11.0 Å². The molecule has 0 aliphatic carbocycles. The number of fused-ring (bicyclic) bond motifs is 1. The van der Waals surface area contributed by atoms with Gasteiger partial charge in [-0.2, -0.15) is 0 Å². The van der Waals surface area contributed by atoms with E-state index in [1.165, 1.54) is 9.13 Å². The highest BCUT2D eigenvalue weighted by molar-refractivity contribution is 14.1. The average Bonchev–Trinajstić information content (AvgIpc) is 2.15. The zero-order chi connectivity index (χ0) is 9.42. The van der Waals surface area contributed by atoms with Crippen molar-refractivity contribution in [2.24, 2.45) is 0 Å². The number of nitrogens with zero attached hydrogens (tertiary/aromatic N) is 2. The van der Waals surface area contributed by atoms with Crippen LogP contribution in [-0.2, 0) is 0 Å². The lowest BCUT2D eigenvalue weighted by Crippen LogP contribution is -1.94. The first-order valence-corrected chi connectivity index (χ1v) is 5.15. The number of pyridine rings is 2. The summed E-state index contributed by atoms with van der Waals surface area (Å²) in [6, 6.07) is 4.00. The van der Waals surface area contributed by atoms with E-state index in [-0.39, 0.29) is 0 Å². The van der Waals surface area contributed by atoms with Crippen molar-refractivity contribution in [2.75, 3.05) is 0 Å². The quantitative estimate of drug-likeness (QED) is 0.695. The van der Waals surface area contributed by atoms with Crippen molar-refractivity contribution in [1.29, 1.82) is 0 Å². The van der Waals surface area contributed by atoms with E-state index in [9.17, 15) is 0 Å². The fraction of sp³-hybridized carbons (Fsp3) is 0.200. The van der Waals surface area contributed by atoms with E-state index in [1.54, 1.807) is 6.20 Å². The summed E-state index contributed by atoms with van der Waals surface area (Å²) in [6.07, 6.45) is 1.78. The van der Waals surface area contributed by atoms with Gasteiger partial charge in [-0.1, -0.05) is 0 Å². The molecule has 13 heavy (non-hydrogen) atoms. The molecule has 2 aromatic heterocycles. The Balaban J connectivity index is 2.94. The third kappa shape index (κ3) is 1.41. The van der Waals surface area contributed by atoms with Gasteiger partial charge in [0.1, 0.15) is 0 Å². The molecule has 0 saturated carbocycles. The summed E-state index contributed by atoms with van der Waals surface area (Å²) in [7, 11) is 0. The first kappa shape index (κ1) is 8.87. The van der Waals surface area contributed by atoms with Gasteiger partial charge in [-0.05, 0) is 54.1 Å². The third-order valence-corrected chi connectivity index (χ3v) is 3.56. The molecule has 0 amide bonds. The van der Waals surface area contributed by atoms with Gasteiger partial charge in [0.05, 0.1) is 0 Å². The molecule has 0 radical (unpaired) electrons. The molecule has 66 valence electrons. The monoisotopic (exact) mass is 284 g/mol. The van der Waals surface area contributed by atoms with E-state index >= 15 is 0 Å². The van der Waals surface area contributed by atoms with E-state index < -0.39 is 0 Å². The summed E-state index contributed by atoms with van der Waals surface area (Å²) >= 11 is 2.35. The zero-order valence-corrected chi connectivity index (χ0v) is 9.66. The SMILES string of the molecule is Cc1nc2ncccc2c(I)c1C. The van der Waals surface area contributed by atoms with Crippen molar-refractivity contribution in [1.82, 2.24) is 9.97 Å². The van der Waals surface area contributed by atoms with Crippen LogP contribution in [0.5, 0.6) is 0 Å². The van der Waals surface area contributed by atoms with Crippen LogP contribution in [0.15, 0.2) is 18.3 Å². The summed E-state index contributed by atoms with van der Waals surface area (Å²) < 4.78 is 1.26. The van der Waals surface area contributed by atoms with Crippen LogP contribution < -0.4 is 0 Å². The Kier molecular flexibility index (Phi) is 2.19. The molecule has 0 N–H and O–H groups in total. The van der Waals surface area contributed by atoms with Gasteiger partial charge in [-0.25, -0.2) is 9.97 Å². The molecule has 0 bridgehead atoms. The summed E-state index contributed by atoms with van der Waals surface area (Å²) in [5, 5.41) is 1.14. The highest BCUT2D eigenvalue weighted by Gasteiger charge is 2.05. The number of aryl methyl sites for hydroxylation is 1. The van der Waals surface area contributed by atoms with Gasteiger partial charge in [0.25, 0.3) is 0 Å². The predicted molar refractivity (Wildman–Crippen MR) is 61.7 cm³/mol. The first-order valence-electron chi connectivity index (χ1n) is 4.07. The summed E-state index contributed by atoms with van der Waals surface area (Å²) in [4.78, 5) is 8.65. The molecule has 0 fully saturated rings. The van der Waals surface area contributed by atoms with Crippen LogP contribution >= 0.6 is 22.6 Å². The normalized spacial score (nSPS) is 10.7. The van der Waals surface area contributed by atoms with Gasteiger partial charge >= 0.3 is 0 Å². The average molecular weight is 284 g/mol. The maximum atomic E-state index is 4.42. The Labute approximate surface area is 90.5 Å². The van der Waals surface area contributed by atoms with E-state index in [2.05, 4.69) is 45.5 Å². The molecule has 0 unspecified atom stereocenters. The molecule has 0 aromatic carbocycles. The van der Waals surface area contributed by atoms with Crippen LogP contribution in [0, 0.1) is 17.4 Å². The fourth-order valence-corrected chi connectivity index (χ4v) is 2.07. The van der Waals surface area contributed by atoms with Gasteiger partial charge in [-0.3, -0.25) is 0 Å². The largest absolute Gasteiger partial charge is 0.237 e. The zero-order valence-electron chi connectivity index (χ0n) is 7.50. The molecule has 0 aliphatic rings. The second kappa shape index (κ2) is 3.21. The van der Waals surface area contributed by atoms with Crippen LogP contribution in [0.2, 0.25) is 0 Å². The summed E-state index contributed by atoms with van der Waals surface area (Å²) in [5.41, 5.74) is 3.16. The third-order valence-electron chi connectivity index (χ3n) is 2.17. The number of aromatic nitrogens is 2. The van der Waals surface area contributed by atoms with E-state index in [4.69, 9.17) is 0 Å². The van der Waals surface area contributed by atoms with Crippen molar-refractivity contribution in [2.45, 2.75) is 13.8 Å². The standard InChI is InChI=1S/C10H9IN2/c1-6-7(2)13-10-8(9(6)11)4-3-5-12-10/h3-5H,1-2H3. The molecule has 0 spiro atoms. The number of rotatable bonds is 0. The van der Waals surface area contributed by atoms with Gasteiger partial charge in [0, 0.05) is 20.8 Å². The van der Waals surface area contributed by atoms with Crippen molar-refractivity contribution < 1.29 is 0 Å². The van der Waals surface area contributed by atoms with Crippen LogP contribution in [0.1, 0.15) is 11.3 Å². The number of hydrogen-bond acceptors (Lipinski definition) is 2. The van der Waals surface area contributed by atoms with Gasteiger partial charge in [0.15, 0.2) is 5.65 Å². The molecule has 0 saturated heterocycles. The Bertz CT molecular complexity index is 466. The fourth-order valence-electron chi connectivity index (χ4n) is 1.26. The van der Waals surface area contributed by atoms with Crippen LogP contribution in [0.3, 0.4) is 0 Å². The summed E-state index contributed by atoms with van der Waals surface area (Å²) in [6.45, 7) is 4.11. The highest BCUT2D eigenvalue weighted by Crippen LogP contribution is 2.22. The molecule has 2 heterocycles. The van der Waals surface area contributed by atoms with Crippen molar-refractivity contribution in [3.05, 3.63) is 33.2 Å². The molecule has 0 atom stereocenters. The van der Waals surface area contributed by atoms with E-state index in [0.717, 1.165) is 16.7 Å². The maximum absolute atomic E-state index is 4.42. The Morgan fingerprint density at radius 2 is 2.08 bits per heavy atom. The van der Waals surface area contributed by atoms with Gasteiger partial charge < -0.3 is 0 Å². The predicted octanol–water partition coefficient (Wildman–Crippen LogP) is 2.85. The minimum atomic E-state index is 0.843. The number of halogens is 1. The van der Waals surface area contributed by atoms with Crippen molar-refractivity contribution in [3.63, 3.8) is 0 Å². The molecule has 2 aromatic rings. The smallest absolute Gasteiger partial charge is 0.160 e. The van der Waals surface area contributed by atoms with E-state index in [0.29, 0.717) is 0 Å². The van der Waals surface area contributed by atoms with Gasteiger partial charge in [-0.15, -0.1) is 0 Å². The first-order chi connectivity index (χ1) is 6.20. The maximum Gasteiger partial charge on any atom is 0.160 e. The molecule has 2 nitrogen and oxygen atoms in total. The lowest BCUT2D eigenvalue weighted by Gasteiger charge is -2.05. The second-order valence-corrected chi connectivity index (χ2v) is 4.09. The van der Waals surface area contributed by atoms with Gasteiger partial charge in [0.2, 0.25) is 0 Å². The molecule has 2 rings (SSSR count). The van der Waals surface area contributed by atoms with Crippen molar-refractivity contribution >= 4 is 33.6 Å². The van der Waals surface area contributed by atoms with Crippen molar-refractivity contribution in [3.8, 4) is 0 Å². The van der Waals surface area contributed by atoms with Crippen LogP contribution in [-0.4, -0.2) is 9.97 Å². The van der Waals surface area contributed by atoms with E-state index in [1.807, 2.05) is 13.0 Å².